The van der Waals surface area contributed by atoms with Crippen LogP contribution in [0.25, 0.3) is 11.0 Å². The van der Waals surface area contributed by atoms with Gasteiger partial charge in [-0.1, -0.05) is 37.9 Å². The number of carbonyl (C=O) groups is 1. The standard InChI is InChI=1S/C21H28N6O3S2/c1-2-3-12-26-18-9-8-16(32(22,29)30)13-17(18)24-21(26)31-14-20(28)25-19-10-11-23-27(19)15-6-4-5-7-15/h8-11,13,15H,2-7,12,14H2,1H3,(H,25,28)(H2,22,29,30). The van der Waals surface area contributed by atoms with Crippen LogP contribution in [0.3, 0.4) is 0 Å². The Kier molecular flexibility index (Phi) is 6.87. The van der Waals surface area contributed by atoms with Gasteiger partial charge in [0.25, 0.3) is 0 Å². The third-order valence-electron chi connectivity index (χ3n) is 5.69. The molecule has 1 saturated carbocycles. The molecular weight excluding hydrogens is 448 g/mol. The zero-order valence-corrected chi connectivity index (χ0v) is 19.7. The Balaban J connectivity index is 1.50. The molecule has 0 unspecified atom stereocenters. The minimum absolute atomic E-state index is 0.0274. The van der Waals surface area contributed by atoms with Crippen molar-refractivity contribution >= 4 is 44.5 Å². The van der Waals surface area contributed by atoms with E-state index < -0.39 is 10.0 Å². The Morgan fingerprint density at radius 3 is 2.78 bits per heavy atom. The number of nitrogens with two attached hydrogens (primary N) is 1. The Morgan fingerprint density at radius 1 is 1.28 bits per heavy atom. The number of rotatable bonds is 9. The quantitative estimate of drug-likeness (QED) is 0.455. The van der Waals surface area contributed by atoms with Crippen molar-refractivity contribution < 1.29 is 13.2 Å². The van der Waals surface area contributed by atoms with E-state index in [9.17, 15) is 13.2 Å². The van der Waals surface area contributed by atoms with Crippen LogP contribution in [0.5, 0.6) is 0 Å². The third kappa shape index (κ3) is 5.00. The zero-order valence-electron chi connectivity index (χ0n) is 18.0. The van der Waals surface area contributed by atoms with Gasteiger partial charge in [-0.3, -0.25) is 4.79 Å². The van der Waals surface area contributed by atoms with Crippen LogP contribution >= 0.6 is 11.8 Å². The van der Waals surface area contributed by atoms with Gasteiger partial charge in [0.2, 0.25) is 15.9 Å². The lowest BCUT2D eigenvalue weighted by molar-refractivity contribution is -0.113. The number of primary sulfonamides is 1. The number of amides is 1. The lowest BCUT2D eigenvalue weighted by atomic mass is 10.2. The van der Waals surface area contributed by atoms with Gasteiger partial charge in [0, 0.05) is 12.6 Å². The molecule has 0 aliphatic heterocycles. The summed E-state index contributed by atoms with van der Waals surface area (Å²) in [5, 5.41) is 13.3. The van der Waals surface area contributed by atoms with Crippen molar-refractivity contribution in [2.24, 2.45) is 5.14 Å². The fourth-order valence-corrected chi connectivity index (χ4v) is 5.44. The van der Waals surface area contributed by atoms with E-state index in [1.54, 1.807) is 12.3 Å². The molecular formula is C21H28N6O3S2. The largest absolute Gasteiger partial charge is 0.319 e. The highest BCUT2D eigenvalue weighted by atomic mass is 32.2. The van der Waals surface area contributed by atoms with Gasteiger partial charge in [-0.05, 0) is 37.5 Å². The molecule has 1 aliphatic rings. The maximum absolute atomic E-state index is 12.7. The average Bonchev–Trinajstić information content (AvgIpc) is 3.49. The first-order chi connectivity index (χ1) is 15.4. The fourth-order valence-electron chi connectivity index (χ4n) is 4.07. The first kappa shape index (κ1) is 22.8. The van der Waals surface area contributed by atoms with E-state index in [1.807, 2.05) is 15.3 Å². The highest BCUT2D eigenvalue weighted by Crippen LogP contribution is 2.31. The molecule has 1 fully saturated rings. The fraction of sp³-hybridized carbons (Fsp3) is 0.476. The molecule has 9 nitrogen and oxygen atoms in total. The third-order valence-corrected chi connectivity index (χ3v) is 7.58. The van der Waals surface area contributed by atoms with Gasteiger partial charge in [-0.25, -0.2) is 23.2 Å². The lowest BCUT2D eigenvalue weighted by Gasteiger charge is -2.14. The van der Waals surface area contributed by atoms with Crippen LogP contribution in [0.1, 0.15) is 51.5 Å². The molecule has 0 radical (unpaired) electrons. The van der Waals surface area contributed by atoms with Crippen LogP contribution in [0.15, 0.2) is 40.5 Å². The Morgan fingerprint density at radius 2 is 2.06 bits per heavy atom. The topological polar surface area (TPSA) is 125 Å². The van der Waals surface area contributed by atoms with Crippen molar-refractivity contribution in [3.63, 3.8) is 0 Å². The Hall–Kier alpha value is -2.37. The minimum atomic E-state index is -3.81. The number of sulfonamides is 1. The molecule has 1 amide bonds. The number of nitrogens with one attached hydrogen (secondary N) is 1. The molecule has 11 heteroatoms. The first-order valence-electron chi connectivity index (χ1n) is 10.9. The molecule has 0 saturated heterocycles. The maximum atomic E-state index is 12.7. The molecule has 32 heavy (non-hydrogen) atoms. The first-order valence-corrected chi connectivity index (χ1v) is 13.4. The Labute approximate surface area is 191 Å². The number of aromatic nitrogens is 4. The number of hydrogen-bond acceptors (Lipinski definition) is 6. The molecule has 3 aromatic rings. The van der Waals surface area contributed by atoms with Crippen molar-refractivity contribution in [2.45, 2.75) is 68.1 Å². The summed E-state index contributed by atoms with van der Waals surface area (Å²) < 4.78 is 27.4. The van der Waals surface area contributed by atoms with Crippen LogP contribution in [0.2, 0.25) is 0 Å². The van der Waals surface area contributed by atoms with Crippen molar-refractivity contribution in [2.75, 3.05) is 11.1 Å². The van der Waals surface area contributed by atoms with Crippen LogP contribution in [0.4, 0.5) is 5.82 Å². The highest BCUT2D eigenvalue weighted by Gasteiger charge is 2.21. The maximum Gasteiger partial charge on any atom is 0.238 e. The van der Waals surface area contributed by atoms with E-state index in [0.717, 1.165) is 43.6 Å². The van der Waals surface area contributed by atoms with Gasteiger partial charge in [0.1, 0.15) is 5.82 Å². The summed E-state index contributed by atoms with van der Waals surface area (Å²) in [5.74, 6) is 0.779. The van der Waals surface area contributed by atoms with E-state index in [4.69, 9.17) is 5.14 Å². The number of unbranched alkanes of at least 4 members (excludes halogenated alkanes) is 1. The number of imidazole rings is 1. The van der Waals surface area contributed by atoms with Gasteiger partial charge in [-0.15, -0.1) is 0 Å². The molecule has 0 bridgehead atoms. The SMILES string of the molecule is CCCCn1c(SCC(=O)Nc2ccnn2C2CCCC2)nc2cc(S(N)(=O)=O)ccc21. The van der Waals surface area contributed by atoms with Crippen molar-refractivity contribution in [3.8, 4) is 0 Å². The van der Waals surface area contributed by atoms with Crippen LogP contribution in [-0.4, -0.2) is 39.4 Å². The molecule has 0 atom stereocenters. The van der Waals surface area contributed by atoms with Crippen LogP contribution in [-0.2, 0) is 21.4 Å². The van der Waals surface area contributed by atoms with Crippen LogP contribution < -0.4 is 10.5 Å². The normalized spacial score (nSPS) is 14.9. The van der Waals surface area contributed by atoms with Crippen molar-refractivity contribution in [1.82, 2.24) is 19.3 Å². The monoisotopic (exact) mass is 476 g/mol. The molecule has 1 aliphatic carbocycles. The number of benzene rings is 1. The number of anilines is 1. The minimum Gasteiger partial charge on any atom is -0.319 e. The summed E-state index contributed by atoms with van der Waals surface area (Å²) in [6, 6.07) is 6.87. The number of hydrogen-bond donors (Lipinski definition) is 2. The van der Waals surface area contributed by atoms with Gasteiger partial charge in [0.05, 0.1) is 33.9 Å². The summed E-state index contributed by atoms with van der Waals surface area (Å²) in [7, 11) is -3.81. The summed E-state index contributed by atoms with van der Waals surface area (Å²) in [4.78, 5) is 17.3. The second-order valence-electron chi connectivity index (χ2n) is 8.03. The average molecular weight is 477 g/mol. The number of carbonyl (C=O) groups excluding carboxylic acids is 1. The number of aryl methyl sites for hydroxylation is 1. The molecule has 2 aromatic heterocycles. The van der Waals surface area contributed by atoms with Crippen LogP contribution in [0, 0.1) is 0 Å². The van der Waals surface area contributed by atoms with E-state index in [0.29, 0.717) is 16.7 Å². The number of thioether (sulfide) groups is 1. The Bertz CT molecular complexity index is 1210. The summed E-state index contributed by atoms with van der Waals surface area (Å²) in [6.45, 7) is 2.84. The van der Waals surface area contributed by atoms with Gasteiger partial charge >= 0.3 is 0 Å². The predicted octanol–water partition coefficient (Wildman–Crippen LogP) is 3.53. The van der Waals surface area contributed by atoms with E-state index >= 15 is 0 Å². The summed E-state index contributed by atoms with van der Waals surface area (Å²) in [5.41, 5.74) is 1.38. The number of nitrogens with zero attached hydrogens (tertiary/aromatic N) is 4. The van der Waals surface area contributed by atoms with E-state index in [1.165, 1.54) is 36.7 Å². The summed E-state index contributed by atoms with van der Waals surface area (Å²) >= 11 is 1.33. The van der Waals surface area contributed by atoms with Gasteiger partial charge in [0.15, 0.2) is 5.16 Å². The van der Waals surface area contributed by atoms with Gasteiger partial charge < -0.3 is 9.88 Å². The second kappa shape index (κ2) is 9.63. The second-order valence-corrected chi connectivity index (χ2v) is 10.5. The molecule has 172 valence electrons. The summed E-state index contributed by atoms with van der Waals surface area (Å²) in [6.07, 6.45) is 8.22. The van der Waals surface area contributed by atoms with Crippen molar-refractivity contribution in [1.29, 1.82) is 0 Å². The van der Waals surface area contributed by atoms with E-state index in [-0.39, 0.29) is 16.6 Å². The molecule has 4 rings (SSSR count). The smallest absolute Gasteiger partial charge is 0.238 e. The van der Waals surface area contributed by atoms with Crippen molar-refractivity contribution in [3.05, 3.63) is 30.5 Å². The zero-order chi connectivity index (χ0) is 22.7. The molecule has 2 heterocycles. The lowest BCUT2D eigenvalue weighted by Crippen LogP contribution is -2.19. The molecule has 3 N–H and O–H groups in total. The molecule has 1 aromatic carbocycles. The van der Waals surface area contributed by atoms with E-state index in [2.05, 4.69) is 22.3 Å². The predicted molar refractivity (Wildman–Crippen MR) is 125 cm³/mol. The molecule has 0 spiro atoms. The number of fused-ring (bicyclic) bond motifs is 1. The highest BCUT2D eigenvalue weighted by molar-refractivity contribution is 7.99. The van der Waals surface area contributed by atoms with Gasteiger partial charge in [-0.2, -0.15) is 5.10 Å².